The van der Waals surface area contributed by atoms with Gasteiger partial charge in [-0.15, -0.1) is 0 Å². The molecule has 2 heterocycles. The predicted molar refractivity (Wildman–Crippen MR) is 113 cm³/mol. The van der Waals surface area contributed by atoms with E-state index in [1.165, 1.54) is 0 Å². The Morgan fingerprint density at radius 2 is 1.81 bits per heavy atom. The summed E-state index contributed by atoms with van der Waals surface area (Å²) < 4.78 is 50.9. The molecule has 1 aliphatic rings. The number of ether oxygens (including phenoxy) is 2. The second kappa shape index (κ2) is 9.11. The van der Waals surface area contributed by atoms with Crippen molar-refractivity contribution in [3.8, 4) is 5.75 Å². The van der Waals surface area contributed by atoms with Crippen molar-refractivity contribution < 1.29 is 22.6 Å². The van der Waals surface area contributed by atoms with E-state index in [4.69, 9.17) is 9.47 Å². The number of para-hydroxylation sites is 1. The van der Waals surface area contributed by atoms with Crippen LogP contribution >= 0.6 is 0 Å². The Morgan fingerprint density at radius 3 is 2.48 bits per heavy atom. The second-order valence-corrected chi connectivity index (χ2v) is 7.39. The molecule has 1 aromatic heterocycles. The van der Waals surface area contributed by atoms with Crippen LogP contribution in [0.2, 0.25) is 0 Å². The molecule has 4 rings (SSSR count). The number of halogens is 3. The van der Waals surface area contributed by atoms with Crippen molar-refractivity contribution in [3.63, 3.8) is 0 Å². The van der Waals surface area contributed by atoms with E-state index in [9.17, 15) is 13.2 Å². The zero-order valence-corrected chi connectivity index (χ0v) is 17.2. The summed E-state index contributed by atoms with van der Waals surface area (Å²) in [6.07, 6.45) is -4.51. The third-order valence-electron chi connectivity index (χ3n) is 5.48. The van der Waals surface area contributed by atoms with Crippen LogP contribution in [0.5, 0.6) is 5.75 Å². The van der Waals surface area contributed by atoms with Crippen molar-refractivity contribution in [1.29, 1.82) is 0 Å². The van der Waals surface area contributed by atoms with E-state index < -0.39 is 11.9 Å². The average Bonchev–Trinajstić information content (AvgIpc) is 2.79. The van der Waals surface area contributed by atoms with Gasteiger partial charge in [-0.05, 0) is 29.8 Å². The molecule has 0 saturated carbocycles. The van der Waals surface area contributed by atoms with E-state index in [2.05, 4.69) is 15.2 Å². The topological polar surface area (TPSA) is 46.6 Å². The second-order valence-electron chi connectivity index (χ2n) is 7.39. The van der Waals surface area contributed by atoms with Crippen molar-refractivity contribution >= 4 is 16.6 Å². The number of nitrogens with one attached hydrogen (secondary N) is 1. The molecule has 1 aliphatic heterocycles. The zero-order valence-electron chi connectivity index (χ0n) is 17.2. The standard InChI is InChI=1S/C23H24F3N3O2/c1-30-17-8-6-16(7-9-17)21(29-10-12-31-13-11-29)15-27-20-14-22(23(24,25)26)28-19-5-3-2-4-18(19)20/h2-9,14,21H,10-13,15H2,1H3,(H,27,28)/t21-/m0/s1. The molecule has 0 unspecified atom stereocenters. The van der Waals surface area contributed by atoms with Gasteiger partial charge in [-0.2, -0.15) is 13.2 Å². The third-order valence-corrected chi connectivity index (χ3v) is 5.48. The van der Waals surface area contributed by atoms with Gasteiger partial charge in [0.1, 0.15) is 11.4 Å². The maximum absolute atomic E-state index is 13.4. The van der Waals surface area contributed by atoms with Crippen LogP contribution < -0.4 is 10.1 Å². The maximum atomic E-state index is 13.4. The highest BCUT2D eigenvalue weighted by Crippen LogP contribution is 2.34. The Labute approximate surface area is 178 Å². The van der Waals surface area contributed by atoms with Crippen LogP contribution in [-0.4, -0.2) is 49.8 Å². The van der Waals surface area contributed by atoms with Gasteiger partial charge in [-0.1, -0.05) is 30.3 Å². The first-order valence-electron chi connectivity index (χ1n) is 10.1. The molecule has 1 fully saturated rings. The van der Waals surface area contributed by atoms with Crippen LogP contribution in [0.25, 0.3) is 10.9 Å². The van der Waals surface area contributed by atoms with Crippen molar-refractivity contribution in [2.75, 3.05) is 45.3 Å². The average molecular weight is 431 g/mol. The molecule has 0 radical (unpaired) electrons. The van der Waals surface area contributed by atoms with Crippen molar-refractivity contribution in [2.45, 2.75) is 12.2 Å². The molecule has 1 saturated heterocycles. The van der Waals surface area contributed by atoms with Crippen LogP contribution in [0, 0.1) is 0 Å². The Morgan fingerprint density at radius 1 is 1.10 bits per heavy atom. The number of aromatic nitrogens is 1. The molecule has 3 aromatic rings. The SMILES string of the molecule is COc1ccc([C@H](CNc2cc(C(F)(F)F)nc3ccccc23)N2CCOCC2)cc1. The molecule has 0 bridgehead atoms. The normalized spacial score (nSPS) is 16.3. The van der Waals surface area contributed by atoms with Gasteiger partial charge in [-0.3, -0.25) is 4.90 Å². The number of alkyl halides is 3. The Balaban J connectivity index is 1.65. The van der Waals surface area contributed by atoms with Crippen LogP contribution in [0.15, 0.2) is 54.6 Å². The number of hydrogen-bond donors (Lipinski definition) is 1. The Bertz CT molecular complexity index is 1020. The van der Waals surface area contributed by atoms with Gasteiger partial charge in [-0.25, -0.2) is 4.98 Å². The first-order chi connectivity index (χ1) is 15.0. The highest BCUT2D eigenvalue weighted by Gasteiger charge is 2.33. The van der Waals surface area contributed by atoms with Gasteiger partial charge in [0.25, 0.3) is 0 Å². The van der Waals surface area contributed by atoms with Gasteiger partial charge in [0.2, 0.25) is 0 Å². The molecule has 0 spiro atoms. The predicted octanol–water partition coefficient (Wildman–Crippen LogP) is 4.75. The van der Waals surface area contributed by atoms with Gasteiger partial charge < -0.3 is 14.8 Å². The summed E-state index contributed by atoms with van der Waals surface area (Å²) in [4.78, 5) is 6.08. The number of rotatable bonds is 6. The number of anilines is 1. The minimum atomic E-state index is -4.51. The molecule has 31 heavy (non-hydrogen) atoms. The summed E-state index contributed by atoms with van der Waals surface area (Å²) in [5, 5.41) is 3.93. The smallest absolute Gasteiger partial charge is 0.433 e. The van der Waals surface area contributed by atoms with Crippen molar-refractivity contribution in [2.24, 2.45) is 0 Å². The lowest BCUT2D eigenvalue weighted by molar-refractivity contribution is -0.140. The van der Waals surface area contributed by atoms with E-state index in [0.29, 0.717) is 36.3 Å². The van der Waals surface area contributed by atoms with Gasteiger partial charge in [0.05, 0.1) is 31.9 Å². The molecule has 8 heteroatoms. The highest BCUT2D eigenvalue weighted by atomic mass is 19.4. The number of hydrogen-bond acceptors (Lipinski definition) is 5. The van der Waals surface area contributed by atoms with E-state index >= 15 is 0 Å². The first kappa shape index (κ1) is 21.4. The summed E-state index contributed by atoms with van der Waals surface area (Å²) in [7, 11) is 1.61. The molecule has 164 valence electrons. The number of fused-ring (bicyclic) bond motifs is 1. The molecular weight excluding hydrogens is 407 g/mol. The molecule has 1 N–H and O–H groups in total. The lowest BCUT2D eigenvalue weighted by Gasteiger charge is -2.35. The molecule has 1 atom stereocenters. The van der Waals surface area contributed by atoms with Crippen LogP contribution in [0.4, 0.5) is 18.9 Å². The fourth-order valence-corrected chi connectivity index (χ4v) is 3.85. The van der Waals surface area contributed by atoms with Gasteiger partial charge in [0, 0.05) is 30.7 Å². The van der Waals surface area contributed by atoms with Gasteiger partial charge >= 0.3 is 6.18 Å². The lowest BCUT2D eigenvalue weighted by atomic mass is 10.0. The van der Waals surface area contributed by atoms with Crippen molar-refractivity contribution in [3.05, 3.63) is 65.9 Å². The fourth-order valence-electron chi connectivity index (χ4n) is 3.85. The summed E-state index contributed by atoms with van der Waals surface area (Å²) >= 11 is 0. The summed E-state index contributed by atoms with van der Waals surface area (Å²) in [6.45, 7) is 3.20. The maximum Gasteiger partial charge on any atom is 0.433 e. The minimum Gasteiger partial charge on any atom is -0.497 e. The number of nitrogens with zero attached hydrogens (tertiary/aromatic N) is 2. The van der Waals surface area contributed by atoms with Crippen LogP contribution in [-0.2, 0) is 10.9 Å². The molecule has 0 aliphatic carbocycles. The lowest BCUT2D eigenvalue weighted by Crippen LogP contribution is -2.41. The third kappa shape index (κ3) is 4.91. The summed E-state index contributed by atoms with van der Waals surface area (Å²) in [5.74, 6) is 0.757. The first-order valence-corrected chi connectivity index (χ1v) is 10.1. The van der Waals surface area contributed by atoms with E-state index in [1.807, 2.05) is 24.3 Å². The number of pyridine rings is 1. The summed E-state index contributed by atoms with van der Waals surface area (Å²) in [5.41, 5.74) is 0.891. The Hall–Kier alpha value is -2.84. The zero-order chi connectivity index (χ0) is 21.8. The molecule has 5 nitrogen and oxygen atoms in total. The van der Waals surface area contributed by atoms with Crippen LogP contribution in [0.1, 0.15) is 17.3 Å². The monoisotopic (exact) mass is 431 g/mol. The quantitative estimate of drug-likeness (QED) is 0.611. The van der Waals surface area contributed by atoms with Crippen molar-refractivity contribution in [1.82, 2.24) is 9.88 Å². The molecule has 0 amide bonds. The van der Waals surface area contributed by atoms with Crippen LogP contribution in [0.3, 0.4) is 0 Å². The van der Waals surface area contributed by atoms with E-state index in [-0.39, 0.29) is 6.04 Å². The number of benzene rings is 2. The largest absolute Gasteiger partial charge is 0.497 e. The summed E-state index contributed by atoms with van der Waals surface area (Å²) in [6, 6.07) is 15.7. The van der Waals surface area contributed by atoms with Gasteiger partial charge in [0.15, 0.2) is 0 Å². The van der Waals surface area contributed by atoms with E-state index in [0.717, 1.165) is 30.5 Å². The molecular formula is C23H24F3N3O2. The minimum absolute atomic E-state index is 0.0314. The number of morpholine rings is 1. The van der Waals surface area contributed by atoms with E-state index in [1.54, 1.807) is 31.4 Å². The molecule has 2 aromatic carbocycles. The Kier molecular flexibility index (Phi) is 6.29. The number of methoxy groups -OCH3 is 1. The highest BCUT2D eigenvalue weighted by molar-refractivity contribution is 5.91. The fraction of sp³-hybridized carbons (Fsp3) is 0.348.